The van der Waals surface area contributed by atoms with Crippen molar-refractivity contribution in [2.45, 2.75) is 26.8 Å². The normalized spacial score (nSPS) is 11.5. The molecule has 134 valence electrons. The molecule has 0 aliphatic carbocycles. The molecule has 0 saturated heterocycles. The maximum atomic E-state index is 5.75. The number of benzene rings is 2. The van der Waals surface area contributed by atoms with E-state index in [2.05, 4.69) is 35.0 Å². The average molecular weight is 347 g/mol. The third-order valence-electron chi connectivity index (χ3n) is 4.12. The first-order chi connectivity index (χ1) is 12.7. The molecule has 0 aliphatic rings. The van der Waals surface area contributed by atoms with Gasteiger partial charge in [-0.2, -0.15) is 0 Å². The van der Waals surface area contributed by atoms with Gasteiger partial charge in [0.1, 0.15) is 5.75 Å². The number of ether oxygens (including phenoxy) is 1. The van der Waals surface area contributed by atoms with Crippen LogP contribution in [0.5, 0.6) is 5.75 Å². The number of imidazole rings is 1. The summed E-state index contributed by atoms with van der Waals surface area (Å²) in [6, 6.07) is 16.0. The van der Waals surface area contributed by atoms with Crippen LogP contribution in [0.4, 0.5) is 5.95 Å². The molecule has 0 saturated carbocycles. The molecule has 0 N–H and O–H groups in total. The van der Waals surface area contributed by atoms with E-state index in [4.69, 9.17) is 4.74 Å². The maximum Gasteiger partial charge on any atom is 0.230 e. The Labute approximate surface area is 154 Å². The Kier molecular flexibility index (Phi) is 5.84. The van der Waals surface area contributed by atoms with Crippen LogP contribution in [-0.2, 0) is 6.54 Å². The highest BCUT2D eigenvalue weighted by Crippen LogP contribution is 2.22. The minimum absolute atomic E-state index is 0.649. The van der Waals surface area contributed by atoms with Crippen LogP contribution in [0.15, 0.2) is 66.2 Å². The summed E-state index contributed by atoms with van der Waals surface area (Å²) < 4.78 is 7.81. The van der Waals surface area contributed by atoms with E-state index in [1.165, 1.54) is 0 Å². The number of hydrogen-bond acceptors (Lipinski definition) is 3. The lowest BCUT2D eigenvalue weighted by Crippen LogP contribution is -2.01. The van der Waals surface area contributed by atoms with Gasteiger partial charge in [-0.25, -0.2) is 9.98 Å². The van der Waals surface area contributed by atoms with Crippen molar-refractivity contribution in [3.05, 3.63) is 66.7 Å². The second kappa shape index (κ2) is 8.48. The topological polar surface area (TPSA) is 39.4 Å². The molecule has 4 nitrogen and oxygen atoms in total. The van der Waals surface area contributed by atoms with Gasteiger partial charge >= 0.3 is 0 Å². The van der Waals surface area contributed by atoms with Crippen molar-refractivity contribution in [1.29, 1.82) is 0 Å². The van der Waals surface area contributed by atoms with Crippen LogP contribution in [-0.4, -0.2) is 22.4 Å². The number of aliphatic imine (C=N–C) groups is 1. The van der Waals surface area contributed by atoms with E-state index in [0.29, 0.717) is 18.4 Å². The van der Waals surface area contributed by atoms with Gasteiger partial charge in [0.25, 0.3) is 0 Å². The standard InChI is InChI=1S/C22H25N3O/c1-4-14-25-21-8-6-5-7-20(21)24-22(25)23-16-18-9-11-19(12-10-18)26-15-13-17(2)3/h4-12,16-17H,1,13-15H2,2-3H3/b23-16+. The fourth-order valence-electron chi connectivity index (χ4n) is 2.67. The molecule has 1 heterocycles. The van der Waals surface area contributed by atoms with Gasteiger partial charge in [-0.15, -0.1) is 6.58 Å². The summed E-state index contributed by atoms with van der Waals surface area (Å²) in [4.78, 5) is 9.20. The average Bonchev–Trinajstić information content (AvgIpc) is 2.99. The zero-order chi connectivity index (χ0) is 18.4. The van der Waals surface area contributed by atoms with Crippen molar-refractivity contribution in [3.8, 4) is 5.75 Å². The quantitative estimate of drug-likeness (QED) is 0.404. The van der Waals surface area contributed by atoms with Gasteiger partial charge in [0, 0.05) is 12.8 Å². The molecule has 0 amide bonds. The molecule has 0 radical (unpaired) electrons. The van der Waals surface area contributed by atoms with Crippen LogP contribution in [0.1, 0.15) is 25.8 Å². The van der Waals surface area contributed by atoms with E-state index in [0.717, 1.165) is 35.4 Å². The Morgan fingerprint density at radius 3 is 2.65 bits per heavy atom. The van der Waals surface area contributed by atoms with Crippen molar-refractivity contribution in [2.24, 2.45) is 10.9 Å². The Bertz CT molecular complexity index is 891. The molecule has 0 unspecified atom stereocenters. The highest BCUT2D eigenvalue weighted by atomic mass is 16.5. The van der Waals surface area contributed by atoms with Crippen LogP contribution < -0.4 is 4.74 Å². The van der Waals surface area contributed by atoms with Gasteiger partial charge in [0.2, 0.25) is 5.95 Å². The lowest BCUT2D eigenvalue weighted by molar-refractivity contribution is 0.289. The third-order valence-corrected chi connectivity index (χ3v) is 4.12. The van der Waals surface area contributed by atoms with Crippen molar-refractivity contribution in [1.82, 2.24) is 9.55 Å². The van der Waals surface area contributed by atoms with Crippen LogP contribution >= 0.6 is 0 Å². The van der Waals surface area contributed by atoms with E-state index < -0.39 is 0 Å². The third kappa shape index (κ3) is 4.39. The lowest BCUT2D eigenvalue weighted by Gasteiger charge is -2.08. The van der Waals surface area contributed by atoms with E-state index in [1.54, 1.807) is 0 Å². The van der Waals surface area contributed by atoms with Crippen LogP contribution in [0, 0.1) is 5.92 Å². The zero-order valence-electron chi connectivity index (χ0n) is 15.4. The van der Waals surface area contributed by atoms with Crippen molar-refractivity contribution in [2.75, 3.05) is 6.61 Å². The fraction of sp³-hybridized carbons (Fsp3) is 0.273. The molecule has 3 rings (SSSR count). The SMILES string of the molecule is C=CCn1c(/N=C/c2ccc(OCCC(C)C)cc2)nc2ccccc21. The number of hydrogen-bond donors (Lipinski definition) is 0. The second-order valence-electron chi connectivity index (χ2n) is 6.66. The van der Waals surface area contributed by atoms with E-state index in [1.807, 2.05) is 60.8 Å². The largest absolute Gasteiger partial charge is 0.494 e. The number of allylic oxidation sites excluding steroid dienone is 1. The number of fused-ring (bicyclic) bond motifs is 1. The maximum absolute atomic E-state index is 5.75. The molecule has 1 aromatic heterocycles. The predicted octanol–water partition coefficient (Wildman–Crippen LogP) is 5.40. The molecular weight excluding hydrogens is 322 g/mol. The summed E-state index contributed by atoms with van der Waals surface area (Å²) in [5, 5.41) is 0. The van der Waals surface area contributed by atoms with Crippen molar-refractivity contribution >= 4 is 23.2 Å². The molecule has 0 fully saturated rings. The summed E-state index contributed by atoms with van der Waals surface area (Å²) >= 11 is 0. The molecule has 0 aliphatic heterocycles. The van der Waals surface area contributed by atoms with Gasteiger partial charge in [-0.05, 0) is 54.3 Å². The summed E-state index contributed by atoms with van der Waals surface area (Å²) in [6.07, 6.45) is 4.75. The van der Waals surface area contributed by atoms with Crippen LogP contribution in [0.3, 0.4) is 0 Å². The number of nitrogens with zero attached hydrogens (tertiary/aromatic N) is 3. The smallest absolute Gasteiger partial charge is 0.230 e. The highest BCUT2D eigenvalue weighted by molar-refractivity contribution is 5.83. The van der Waals surface area contributed by atoms with E-state index in [9.17, 15) is 0 Å². The molecule has 0 spiro atoms. The molecule has 4 heteroatoms. The first kappa shape index (κ1) is 17.9. The number of aromatic nitrogens is 2. The Hall–Kier alpha value is -2.88. The molecule has 0 atom stereocenters. The molecule has 26 heavy (non-hydrogen) atoms. The molecule has 3 aromatic rings. The van der Waals surface area contributed by atoms with Crippen LogP contribution in [0.25, 0.3) is 11.0 Å². The monoisotopic (exact) mass is 347 g/mol. The van der Waals surface area contributed by atoms with Gasteiger partial charge in [-0.3, -0.25) is 0 Å². The van der Waals surface area contributed by atoms with Crippen molar-refractivity contribution < 1.29 is 4.74 Å². The zero-order valence-corrected chi connectivity index (χ0v) is 15.4. The summed E-state index contributed by atoms with van der Waals surface area (Å²) in [7, 11) is 0. The predicted molar refractivity (Wildman–Crippen MR) is 109 cm³/mol. The first-order valence-corrected chi connectivity index (χ1v) is 9.00. The lowest BCUT2D eigenvalue weighted by atomic mass is 10.1. The van der Waals surface area contributed by atoms with E-state index >= 15 is 0 Å². The summed E-state index contributed by atoms with van der Waals surface area (Å²) in [5.41, 5.74) is 3.02. The second-order valence-corrected chi connectivity index (χ2v) is 6.66. The van der Waals surface area contributed by atoms with Crippen molar-refractivity contribution in [3.63, 3.8) is 0 Å². The van der Waals surface area contributed by atoms with Gasteiger partial charge in [-0.1, -0.05) is 32.1 Å². The number of para-hydroxylation sites is 2. The fourth-order valence-corrected chi connectivity index (χ4v) is 2.67. The minimum atomic E-state index is 0.649. The Balaban J connectivity index is 1.74. The summed E-state index contributed by atoms with van der Waals surface area (Å²) in [6.45, 7) is 9.65. The Morgan fingerprint density at radius 1 is 1.15 bits per heavy atom. The van der Waals surface area contributed by atoms with Gasteiger partial charge in [0.15, 0.2) is 0 Å². The minimum Gasteiger partial charge on any atom is -0.494 e. The van der Waals surface area contributed by atoms with Gasteiger partial charge in [0.05, 0.1) is 17.6 Å². The highest BCUT2D eigenvalue weighted by Gasteiger charge is 2.07. The first-order valence-electron chi connectivity index (χ1n) is 9.00. The Morgan fingerprint density at radius 2 is 1.92 bits per heavy atom. The molecule has 0 bridgehead atoms. The molecule has 2 aromatic carbocycles. The van der Waals surface area contributed by atoms with Gasteiger partial charge < -0.3 is 9.30 Å². The van der Waals surface area contributed by atoms with E-state index in [-0.39, 0.29) is 0 Å². The van der Waals surface area contributed by atoms with Crippen LogP contribution in [0.2, 0.25) is 0 Å². The molecular formula is C22H25N3O. The number of rotatable bonds is 8. The summed E-state index contributed by atoms with van der Waals surface area (Å²) in [5.74, 6) is 2.22.